The number of likely N-dealkylation sites (tertiary alicyclic amines) is 1. The third-order valence-corrected chi connectivity index (χ3v) is 7.15. The molecule has 1 aliphatic carbocycles. The standard InChI is InChI=1S/C25H31N3/c1-18-9-10-24(18)27-13-11-21(12-14-27)28-17-23(22-7-2-3-8-25(22)28)20-6-4-5-19(15-20)16-26/h2-8,15,17-18,21,24H,9-14,16,26H2,1H3. The second kappa shape index (κ2) is 7.38. The SMILES string of the molecule is CC1CCC1N1CCC(n2cc(-c3cccc(CN)c3)c3ccccc32)CC1. The number of benzene rings is 2. The Morgan fingerprint density at radius 1 is 0.964 bits per heavy atom. The fourth-order valence-electron chi connectivity index (χ4n) is 5.29. The van der Waals surface area contributed by atoms with Crippen LogP contribution in [0.4, 0.5) is 0 Å². The molecule has 0 amide bonds. The fourth-order valence-corrected chi connectivity index (χ4v) is 5.29. The molecule has 2 heterocycles. The first-order chi connectivity index (χ1) is 13.7. The Morgan fingerprint density at radius 2 is 1.79 bits per heavy atom. The first kappa shape index (κ1) is 18.0. The number of rotatable bonds is 4. The number of nitrogens with two attached hydrogens (primary N) is 1. The zero-order chi connectivity index (χ0) is 19.1. The number of hydrogen-bond donors (Lipinski definition) is 1. The van der Waals surface area contributed by atoms with Gasteiger partial charge in [0.25, 0.3) is 0 Å². The van der Waals surface area contributed by atoms with Gasteiger partial charge in [-0.3, -0.25) is 4.90 Å². The van der Waals surface area contributed by atoms with Crippen molar-refractivity contribution in [3.05, 3.63) is 60.3 Å². The van der Waals surface area contributed by atoms with Crippen LogP contribution in [0.25, 0.3) is 22.0 Å². The molecule has 5 rings (SSSR count). The summed E-state index contributed by atoms with van der Waals surface area (Å²) in [7, 11) is 0. The van der Waals surface area contributed by atoms with E-state index in [2.05, 4.69) is 71.1 Å². The first-order valence-electron chi connectivity index (χ1n) is 10.9. The Bertz CT molecular complexity index is 965. The van der Waals surface area contributed by atoms with Crippen molar-refractivity contribution >= 4 is 10.9 Å². The fraction of sp³-hybridized carbons (Fsp3) is 0.440. The van der Waals surface area contributed by atoms with Crippen molar-refractivity contribution in [3.8, 4) is 11.1 Å². The van der Waals surface area contributed by atoms with Crippen molar-refractivity contribution in [1.82, 2.24) is 9.47 Å². The van der Waals surface area contributed by atoms with Crippen LogP contribution in [0.15, 0.2) is 54.7 Å². The molecule has 28 heavy (non-hydrogen) atoms. The molecule has 0 bridgehead atoms. The van der Waals surface area contributed by atoms with Crippen molar-refractivity contribution in [3.63, 3.8) is 0 Å². The average molecular weight is 374 g/mol. The lowest BCUT2D eigenvalue weighted by Crippen LogP contribution is -2.49. The van der Waals surface area contributed by atoms with Crippen LogP contribution in [0.3, 0.4) is 0 Å². The Morgan fingerprint density at radius 3 is 2.50 bits per heavy atom. The van der Waals surface area contributed by atoms with Crippen molar-refractivity contribution in [2.75, 3.05) is 13.1 Å². The maximum absolute atomic E-state index is 5.89. The van der Waals surface area contributed by atoms with Crippen molar-refractivity contribution < 1.29 is 0 Å². The number of aromatic nitrogens is 1. The van der Waals surface area contributed by atoms with Crippen LogP contribution in [-0.2, 0) is 6.54 Å². The molecule has 3 heteroatoms. The molecule has 1 saturated carbocycles. The van der Waals surface area contributed by atoms with Gasteiger partial charge in [0.05, 0.1) is 0 Å². The molecule has 2 N–H and O–H groups in total. The third kappa shape index (κ3) is 3.07. The molecule has 2 aliphatic rings. The molecular formula is C25H31N3. The zero-order valence-corrected chi connectivity index (χ0v) is 16.8. The molecular weight excluding hydrogens is 342 g/mol. The monoisotopic (exact) mass is 373 g/mol. The van der Waals surface area contributed by atoms with Gasteiger partial charge < -0.3 is 10.3 Å². The highest BCUT2D eigenvalue weighted by Gasteiger charge is 2.34. The summed E-state index contributed by atoms with van der Waals surface area (Å²) in [6.07, 6.45) is 7.72. The van der Waals surface area contributed by atoms with Crippen LogP contribution in [0, 0.1) is 5.92 Å². The van der Waals surface area contributed by atoms with Gasteiger partial charge in [-0.1, -0.05) is 43.3 Å². The quantitative estimate of drug-likeness (QED) is 0.682. The number of piperidine rings is 1. The van der Waals surface area contributed by atoms with Crippen LogP contribution in [0.2, 0.25) is 0 Å². The summed E-state index contributed by atoms with van der Waals surface area (Å²) < 4.78 is 2.56. The molecule has 2 unspecified atom stereocenters. The molecule has 0 spiro atoms. The molecule has 0 radical (unpaired) electrons. The second-order valence-electron chi connectivity index (χ2n) is 8.76. The number of nitrogens with zero attached hydrogens (tertiary/aromatic N) is 2. The average Bonchev–Trinajstić information content (AvgIpc) is 3.13. The smallest absolute Gasteiger partial charge is 0.0489 e. The lowest BCUT2D eigenvalue weighted by molar-refractivity contribution is 0.0445. The van der Waals surface area contributed by atoms with E-state index in [4.69, 9.17) is 5.73 Å². The minimum absolute atomic E-state index is 0.588. The third-order valence-electron chi connectivity index (χ3n) is 7.15. The second-order valence-corrected chi connectivity index (χ2v) is 8.76. The van der Waals surface area contributed by atoms with Gasteiger partial charge in [0, 0.05) is 54.4 Å². The highest BCUT2D eigenvalue weighted by atomic mass is 15.2. The van der Waals surface area contributed by atoms with Crippen LogP contribution < -0.4 is 5.73 Å². The lowest BCUT2D eigenvalue weighted by atomic mass is 9.79. The van der Waals surface area contributed by atoms with Crippen LogP contribution >= 0.6 is 0 Å². The summed E-state index contributed by atoms with van der Waals surface area (Å²) in [5, 5.41) is 1.35. The summed E-state index contributed by atoms with van der Waals surface area (Å²) >= 11 is 0. The summed E-state index contributed by atoms with van der Waals surface area (Å²) in [5.41, 5.74) is 11.1. The highest BCUT2D eigenvalue weighted by molar-refractivity contribution is 5.96. The molecule has 2 atom stereocenters. The Kier molecular flexibility index (Phi) is 4.73. The van der Waals surface area contributed by atoms with Gasteiger partial charge in [-0.15, -0.1) is 0 Å². The van der Waals surface area contributed by atoms with Crippen LogP contribution in [0.1, 0.15) is 44.2 Å². The minimum Gasteiger partial charge on any atom is -0.344 e. The predicted molar refractivity (Wildman–Crippen MR) is 117 cm³/mol. The normalized spacial score (nSPS) is 23.8. The number of fused-ring (bicyclic) bond motifs is 1. The summed E-state index contributed by atoms with van der Waals surface area (Å²) in [6, 6.07) is 19.0. The molecule has 1 aromatic heterocycles. The van der Waals surface area contributed by atoms with Crippen molar-refractivity contribution in [2.45, 2.75) is 51.2 Å². The van der Waals surface area contributed by atoms with E-state index in [1.165, 1.54) is 66.4 Å². The Labute approximate surface area is 168 Å². The van der Waals surface area contributed by atoms with Gasteiger partial charge in [-0.25, -0.2) is 0 Å². The molecule has 2 fully saturated rings. The summed E-state index contributed by atoms with van der Waals surface area (Å²) in [6.45, 7) is 5.49. The van der Waals surface area contributed by atoms with E-state index in [0.29, 0.717) is 12.6 Å². The lowest BCUT2D eigenvalue weighted by Gasteiger charge is -2.46. The summed E-state index contributed by atoms with van der Waals surface area (Å²) in [4.78, 5) is 2.75. The topological polar surface area (TPSA) is 34.2 Å². The zero-order valence-electron chi connectivity index (χ0n) is 16.8. The molecule has 3 nitrogen and oxygen atoms in total. The molecule has 2 aromatic carbocycles. The molecule has 146 valence electrons. The van der Waals surface area contributed by atoms with Gasteiger partial charge in [0.2, 0.25) is 0 Å². The molecule has 1 saturated heterocycles. The van der Waals surface area contributed by atoms with Gasteiger partial charge in [-0.2, -0.15) is 0 Å². The van der Waals surface area contributed by atoms with Crippen molar-refractivity contribution in [1.29, 1.82) is 0 Å². The number of hydrogen-bond acceptors (Lipinski definition) is 2. The van der Waals surface area contributed by atoms with Crippen molar-refractivity contribution in [2.24, 2.45) is 11.7 Å². The van der Waals surface area contributed by atoms with E-state index in [0.717, 1.165) is 12.0 Å². The summed E-state index contributed by atoms with van der Waals surface area (Å²) in [5.74, 6) is 0.894. The Hall–Kier alpha value is -2.10. The van der Waals surface area contributed by atoms with Gasteiger partial charge in [0.15, 0.2) is 0 Å². The van der Waals surface area contributed by atoms with Crippen LogP contribution in [0.5, 0.6) is 0 Å². The van der Waals surface area contributed by atoms with E-state index in [9.17, 15) is 0 Å². The number of para-hydroxylation sites is 1. The van der Waals surface area contributed by atoms with Gasteiger partial charge >= 0.3 is 0 Å². The Balaban J connectivity index is 1.46. The maximum Gasteiger partial charge on any atom is 0.0489 e. The van der Waals surface area contributed by atoms with E-state index in [1.807, 2.05) is 0 Å². The largest absolute Gasteiger partial charge is 0.344 e. The highest BCUT2D eigenvalue weighted by Crippen LogP contribution is 2.38. The first-order valence-corrected chi connectivity index (χ1v) is 10.9. The van der Waals surface area contributed by atoms with E-state index >= 15 is 0 Å². The predicted octanol–water partition coefficient (Wildman–Crippen LogP) is 5.20. The van der Waals surface area contributed by atoms with E-state index in [1.54, 1.807) is 0 Å². The van der Waals surface area contributed by atoms with Gasteiger partial charge in [0.1, 0.15) is 0 Å². The maximum atomic E-state index is 5.89. The van der Waals surface area contributed by atoms with E-state index < -0.39 is 0 Å². The minimum atomic E-state index is 0.588. The molecule has 3 aromatic rings. The van der Waals surface area contributed by atoms with Crippen LogP contribution in [-0.4, -0.2) is 28.6 Å². The van der Waals surface area contributed by atoms with E-state index in [-0.39, 0.29) is 0 Å². The van der Waals surface area contributed by atoms with Gasteiger partial charge in [-0.05, 0) is 54.9 Å². The molecule has 1 aliphatic heterocycles.